The SMILES string of the molecule is CCCC(C)C(=O)NCC(C(=O)O)c1ccccc1. The van der Waals surface area contributed by atoms with Crippen molar-refractivity contribution in [3.63, 3.8) is 0 Å². The van der Waals surface area contributed by atoms with E-state index in [-0.39, 0.29) is 18.4 Å². The average molecular weight is 263 g/mol. The lowest BCUT2D eigenvalue weighted by atomic mass is 9.98. The molecule has 0 fully saturated rings. The number of hydrogen-bond donors (Lipinski definition) is 2. The van der Waals surface area contributed by atoms with Gasteiger partial charge in [0.05, 0.1) is 5.92 Å². The van der Waals surface area contributed by atoms with E-state index in [9.17, 15) is 14.7 Å². The monoisotopic (exact) mass is 263 g/mol. The number of nitrogens with one attached hydrogen (secondary N) is 1. The Bertz CT molecular complexity index is 417. The Hall–Kier alpha value is -1.84. The maximum atomic E-state index is 11.8. The van der Waals surface area contributed by atoms with E-state index in [1.807, 2.05) is 19.9 Å². The highest BCUT2D eigenvalue weighted by Crippen LogP contribution is 2.15. The molecular formula is C15H21NO3. The second-order valence-electron chi connectivity index (χ2n) is 4.74. The summed E-state index contributed by atoms with van der Waals surface area (Å²) in [5.74, 6) is -1.77. The number of amides is 1. The first-order valence-electron chi connectivity index (χ1n) is 6.61. The fourth-order valence-corrected chi connectivity index (χ4v) is 1.97. The normalized spacial score (nSPS) is 13.6. The van der Waals surface area contributed by atoms with Gasteiger partial charge in [-0.15, -0.1) is 0 Å². The number of rotatable bonds is 7. The van der Waals surface area contributed by atoms with Crippen LogP contribution in [0.1, 0.15) is 38.2 Å². The molecule has 2 atom stereocenters. The van der Waals surface area contributed by atoms with E-state index in [1.165, 1.54) is 0 Å². The molecule has 1 aromatic rings. The maximum absolute atomic E-state index is 11.8. The van der Waals surface area contributed by atoms with Crippen LogP contribution in [0.3, 0.4) is 0 Å². The molecule has 0 heterocycles. The molecule has 1 aromatic carbocycles. The highest BCUT2D eigenvalue weighted by molar-refractivity contribution is 5.81. The Labute approximate surface area is 113 Å². The topological polar surface area (TPSA) is 66.4 Å². The summed E-state index contributed by atoms with van der Waals surface area (Å²) in [5, 5.41) is 12.0. The number of carboxylic acids is 1. The van der Waals surface area contributed by atoms with Crippen LogP contribution in [0.25, 0.3) is 0 Å². The summed E-state index contributed by atoms with van der Waals surface area (Å²) in [4.78, 5) is 23.0. The molecule has 0 aliphatic heterocycles. The van der Waals surface area contributed by atoms with E-state index < -0.39 is 11.9 Å². The number of aliphatic carboxylic acids is 1. The second kappa shape index (κ2) is 7.56. The Kier molecular flexibility index (Phi) is 6.06. The minimum Gasteiger partial charge on any atom is -0.481 e. The quantitative estimate of drug-likeness (QED) is 0.794. The van der Waals surface area contributed by atoms with Gasteiger partial charge in [0.15, 0.2) is 0 Å². The third-order valence-corrected chi connectivity index (χ3v) is 3.15. The summed E-state index contributed by atoms with van der Waals surface area (Å²) >= 11 is 0. The highest BCUT2D eigenvalue weighted by Gasteiger charge is 2.21. The zero-order valence-electron chi connectivity index (χ0n) is 11.4. The van der Waals surface area contributed by atoms with Gasteiger partial charge in [-0.2, -0.15) is 0 Å². The molecule has 1 rings (SSSR count). The van der Waals surface area contributed by atoms with Crippen molar-refractivity contribution in [2.45, 2.75) is 32.6 Å². The molecule has 2 unspecified atom stereocenters. The highest BCUT2D eigenvalue weighted by atomic mass is 16.4. The average Bonchev–Trinajstić information content (AvgIpc) is 2.39. The Balaban J connectivity index is 2.61. The molecule has 19 heavy (non-hydrogen) atoms. The van der Waals surface area contributed by atoms with Gasteiger partial charge >= 0.3 is 5.97 Å². The van der Waals surface area contributed by atoms with Crippen LogP contribution < -0.4 is 5.32 Å². The number of benzene rings is 1. The summed E-state index contributed by atoms with van der Waals surface area (Å²) in [5.41, 5.74) is 0.707. The molecule has 4 nitrogen and oxygen atoms in total. The van der Waals surface area contributed by atoms with Crippen molar-refractivity contribution in [3.05, 3.63) is 35.9 Å². The lowest BCUT2D eigenvalue weighted by molar-refractivity contribution is -0.138. The predicted octanol–water partition coefficient (Wildman–Crippen LogP) is 2.41. The summed E-state index contributed by atoms with van der Waals surface area (Å²) in [6, 6.07) is 8.96. The van der Waals surface area contributed by atoms with E-state index in [4.69, 9.17) is 0 Å². The van der Waals surface area contributed by atoms with Crippen molar-refractivity contribution in [2.24, 2.45) is 5.92 Å². The Morgan fingerprint density at radius 1 is 1.26 bits per heavy atom. The van der Waals surface area contributed by atoms with Crippen molar-refractivity contribution in [1.29, 1.82) is 0 Å². The fourth-order valence-electron chi connectivity index (χ4n) is 1.97. The van der Waals surface area contributed by atoms with Crippen LogP contribution in [0.2, 0.25) is 0 Å². The van der Waals surface area contributed by atoms with Crippen molar-refractivity contribution >= 4 is 11.9 Å². The lowest BCUT2D eigenvalue weighted by Crippen LogP contribution is -2.35. The van der Waals surface area contributed by atoms with Gasteiger partial charge in [0.25, 0.3) is 0 Å². The first-order chi connectivity index (χ1) is 9.06. The van der Waals surface area contributed by atoms with Gasteiger partial charge in [0, 0.05) is 12.5 Å². The lowest BCUT2D eigenvalue weighted by Gasteiger charge is -2.16. The van der Waals surface area contributed by atoms with Crippen LogP contribution in [-0.4, -0.2) is 23.5 Å². The standard InChI is InChI=1S/C15H21NO3/c1-3-7-11(2)14(17)16-10-13(15(18)19)12-8-5-4-6-9-12/h4-6,8-9,11,13H,3,7,10H2,1-2H3,(H,16,17)(H,18,19). The van der Waals surface area contributed by atoms with E-state index >= 15 is 0 Å². The molecule has 1 amide bonds. The smallest absolute Gasteiger partial charge is 0.312 e. The van der Waals surface area contributed by atoms with Crippen molar-refractivity contribution in [1.82, 2.24) is 5.32 Å². The molecule has 0 aromatic heterocycles. The van der Waals surface area contributed by atoms with E-state index in [0.717, 1.165) is 12.8 Å². The first-order valence-corrected chi connectivity index (χ1v) is 6.61. The molecule has 0 saturated carbocycles. The molecule has 104 valence electrons. The number of carbonyl (C=O) groups excluding carboxylic acids is 1. The fraction of sp³-hybridized carbons (Fsp3) is 0.467. The molecule has 0 saturated heterocycles. The van der Waals surface area contributed by atoms with E-state index in [0.29, 0.717) is 5.56 Å². The maximum Gasteiger partial charge on any atom is 0.312 e. The molecule has 0 radical (unpaired) electrons. The summed E-state index contributed by atoms with van der Waals surface area (Å²) in [7, 11) is 0. The third-order valence-electron chi connectivity index (χ3n) is 3.15. The number of carbonyl (C=O) groups is 2. The number of hydrogen-bond acceptors (Lipinski definition) is 2. The predicted molar refractivity (Wildman–Crippen MR) is 73.9 cm³/mol. The molecule has 4 heteroatoms. The Morgan fingerprint density at radius 3 is 2.42 bits per heavy atom. The minimum atomic E-state index is -0.922. The molecular weight excluding hydrogens is 242 g/mol. The largest absolute Gasteiger partial charge is 0.481 e. The Morgan fingerprint density at radius 2 is 1.89 bits per heavy atom. The van der Waals surface area contributed by atoms with Crippen LogP contribution >= 0.6 is 0 Å². The molecule has 2 N–H and O–H groups in total. The summed E-state index contributed by atoms with van der Waals surface area (Å²) < 4.78 is 0. The molecule has 0 aliphatic carbocycles. The van der Waals surface area contributed by atoms with E-state index in [2.05, 4.69) is 5.32 Å². The van der Waals surface area contributed by atoms with Gasteiger partial charge in [0.2, 0.25) is 5.91 Å². The van der Waals surface area contributed by atoms with Crippen molar-refractivity contribution in [2.75, 3.05) is 6.54 Å². The molecule has 0 bridgehead atoms. The zero-order valence-corrected chi connectivity index (χ0v) is 11.4. The van der Waals surface area contributed by atoms with Crippen molar-refractivity contribution < 1.29 is 14.7 Å². The minimum absolute atomic E-state index is 0.0739. The van der Waals surface area contributed by atoms with E-state index in [1.54, 1.807) is 24.3 Å². The van der Waals surface area contributed by atoms with Crippen LogP contribution in [-0.2, 0) is 9.59 Å². The van der Waals surface area contributed by atoms with Crippen LogP contribution in [0.4, 0.5) is 0 Å². The van der Waals surface area contributed by atoms with Gasteiger partial charge in [-0.05, 0) is 12.0 Å². The van der Waals surface area contributed by atoms with Crippen LogP contribution in [0, 0.1) is 5.92 Å². The van der Waals surface area contributed by atoms with Gasteiger partial charge in [-0.3, -0.25) is 9.59 Å². The van der Waals surface area contributed by atoms with Crippen LogP contribution in [0.5, 0.6) is 0 Å². The number of carboxylic acid groups (broad SMARTS) is 1. The summed E-state index contributed by atoms with van der Waals surface area (Å²) in [6.07, 6.45) is 1.75. The second-order valence-corrected chi connectivity index (χ2v) is 4.74. The van der Waals surface area contributed by atoms with Gasteiger partial charge in [-0.1, -0.05) is 50.6 Å². The third kappa shape index (κ3) is 4.73. The first kappa shape index (κ1) is 15.2. The van der Waals surface area contributed by atoms with Crippen LogP contribution in [0.15, 0.2) is 30.3 Å². The summed E-state index contributed by atoms with van der Waals surface area (Å²) in [6.45, 7) is 4.01. The molecule has 0 aliphatic rings. The van der Waals surface area contributed by atoms with Gasteiger partial charge in [-0.25, -0.2) is 0 Å². The van der Waals surface area contributed by atoms with Gasteiger partial charge < -0.3 is 10.4 Å². The molecule has 0 spiro atoms. The van der Waals surface area contributed by atoms with Gasteiger partial charge in [0.1, 0.15) is 0 Å². The zero-order chi connectivity index (χ0) is 14.3. The van der Waals surface area contributed by atoms with Crippen molar-refractivity contribution in [3.8, 4) is 0 Å².